The number of aliphatic hydroxyl groups excluding tert-OH is 1. The van der Waals surface area contributed by atoms with E-state index in [1.54, 1.807) is 0 Å². The molecule has 31 heavy (non-hydrogen) atoms. The number of fused-ring (bicyclic) bond motifs is 5. The first kappa shape index (κ1) is 21.1. The summed E-state index contributed by atoms with van der Waals surface area (Å²) in [5.41, 5.74) is 3.60. The molecule has 6 nitrogen and oxygen atoms in total. The van der Waals surface area contributed by atoms with Gasteiger partial charge in [-0.1, -0.05) is 29.8 Å². The second-order valence-corrected chi connectivity index (χ2v) is 10.7. The lowest BCUT2D eigenvalue weighted by atomic mass is 9.94. The van der Waals surface area contributed by atoms with Crippen LogP contribution in [0.3, 0.4) is 0 Å². The summed E-state index contributed by atoms with van der Waals surface area (Å²) >= 11 is 8.52. The van der Waals surface area contributed by atoms with Gasteiger partial charge >= 0.3 is 0 Å². The van der Waals surface area contributed by atoms with E-state index in [9.17, 15) is 5.11 Å². The van der Waals surface area contributed by atoms with Crippen molar-refractivity contribution >= 4 is 22.9 Å². The van der Waals surface area contributed by atoms with Gasteiger partial charge in [-0.05, 0) is 63.3 Å². The molecule has 3 heterocycles. The highest BCUT2D eigenvalue weighted by Crippen LogP contribution is 2.46. The van der Waals surface area contributed by atoms with Gasteiger partial charge in [-0.15, -0.1) is 21.5 Å². The van der Waals surface area contributed by atoms with E-state index < -0.39 is 0 Å². The summed E-state index contributed by atoms with van der Waals surface area (Å²) in [5, 5.41) is 27.6. The van der Waals surface area contributed by atoms with Gasteiger partial charge in [0.05, 0.1) is 19.2 Å². The van der Waals surface area contributed by atoms with Crippen molar-refractivity contribution in [1.29, 1.82) is 0 Å². The van der Waals surface area contributed by atoms with Crippen molar-refractivity contribution < 1.29 is 5.11 Å². The molecule has 0 fully saturated rings. The molecule has 1 aliphatic heterocycles. The van der Waals surface area contributed by atoms with Gasteiger partial charge in [0.15, 0.2) is 5.82 Å². The standard InChI is InChI=1S/C23H28ClN5OS/c1-13-27-28-19-11-25-21(15-6-4-5-7-17(15)24)20-16-8-14(10-26-23(2,3)12-30)9-18(16)31-22(20)29(13)19/h4-7,14,21,25-26,30H,8-12H2,1-3H3/t14-,21-/m0/s1. The zero-order chi connectivity index (χ0) is 21.8. The predicted molar refractivity (Wildman–Crippen MR) is 124 cm³/mol. The van der Waals surface area contributed by atoms with Crippen LogP contribution in [0.25, 0.3) is 5.00 Å². The van der Waals surface area contributed by atoms with Gasteiger partial charge in [-0.3, -0.25) is 9.88 Å². The fourth-order valence-electron chi connectivity index (χ4n) is 4.66. The summed E-state index contributed by atoms with van der Waals surface area (Å²) in [5.74, 6) is 2.38. The van der Waals surface area contributed by atoms with E-state index in [0.717, 1.165) is 41.6 Å². The van der Waals surface area contributed by atoms with Crippen molar-refractivity contribution in [2.45, 2.75) is 51.7 Å². The number of aliphatic hydroxyl groups is 1. The van der Waals surface area contributed by atoms with Crippen LogP contribution in [0.1, 0.15) is 53.1 Å². The van der Waals surface area contributed by atoms with Gasteiger partial charge in [0, 0.05) is 21.0 Å². The van der Waals surface area contributed by atoms with E-state index in [2.05, 4.69) is 37.5 Å². The first-order valence-electron chi connectivity index (χ1n) is 10.8. The normalized spacial score (nSPS) is 20.3. The molecule has 2 atom stereocenters. The molecule has 164 valence electrons. The van der Waals surface area contributed by atoms with Crippen LogP contribution in [-0.2, 0) is 19.4 Å². The maximum atomic E-state index is 9.58. The molecule has 0 spiro atoms. The highest BCUT2D eigenvalue weighted by atomic mass is 35.5. The Bertz CT molecular complexity index is 1120. The van der Waals surface area contributed by atoms with Gasteiger partial charge in [-0.25, -0.2) is 0 Å². The van der Waals surface area contributed by atoms with Crippen molar-refractivity contribution in [3.8, 4) is 5.00 Å². The molecule has 1 aromatic carbocycles. The van der Waals surface area contributed by atoms with Gasteiger partial charge in [-0.2, -0.15) is 0 Å². The number of aryl methyl sites for hydroxylation is 1. The topological polar surface area (TPSA) is 75.0 Å². The average molecular weight is 458 g/mol. The molecule has 0 saturated carbocycles. The quantitative estimate of drug-likeness (QED) is 0.546. The highest BCUT2D eigenvalue weighted by molar-refractivity contribution is 7.15. The van der Waals surface area contributed by atoms with Crippen molar-refractivity contribution in [3.63, 3.8) is 0 Å². The zero-order valence-electron chi connectivity index (χ0n) is 18.1. The fourth-order valence-corrected chi connectivity index (χ4v) is 6.46. The molecule has 3 N–H and O–H groups in total. The summed E-state index contributed by atoms with van der Waals surface area (Å²) in [7, 11) is 0. The molecular formula is C23H28ClN5OS. The van der Waals surface area contributed by atoms with Crippen LogP contribution >= 0.6 is 22.9 Å². The summed E-state index contributed by atoms with van der Waals surface area (Å²) in [6.07, 6.45) is 2.07. The first-order valence-corrected chi connectivity index (χ1v) is 12.0. The van der Waals surface area contributed by atoms with Crippen LogP contribution in [0.2, 0.25) is 5.02 Å². The Morgan fingerprint density at radius 2 is 2.10 bits per heavy atom. The van der Waals surface area contributed by atoms with Crippen LogP contribution in [-0.4, -0.2) is 38.6 Å². The molecule has 0 radical (unpaired) electrons. The summed E-state index contributed by atoms with van der Waals surface area (Å²) in [6.45, 7) is 7.76. The number of benzene rings is 1. The largest absolute Gasteiger partial charge is 0.394 e. The first-order chi connectivity index (χ1) is 14.9. The second-order valence-electron chi connectivity index (χ2n) is 9.25. The van der Waals surface area contributed by atoms with E-state index in [0.29, 0.717) is 12.5 Å². The van der Waals surface area contributed by atoms with Crippen LogP contribution in [0.4, 0.5) is 0 Å². The van der Waals surface area contributed by atoms with Crippen LogP contribution in [0.15, 0.2) is 24.3 Å². The van der Waals surface area contributed by atoms with Gasteiger partial charge < -0.3 is 10.4 Å². The van der Waals surface area contributed by atoms with E-state index >= 15 is 0 Å². The SMILES string of the molecule is Cc1nnc2n1-c1sc3c(c1[C@H](c1ccccc1Cl)NC2)C[C@H](CNC(C)(C)CO)C3. The van der Waals surface area contributed by atoms with Crippen molar-refractivity contribution in [2.75, 3.05) is 13.2 Å². The number of hydrogen-bond acceptors (Lipinski definition) is 6. The minimum atomic E-state index is -0.261. The molecule has 0 amide bonds. The molecular weight excluding hydrogens is 430 g/mol. The number of rotatable bonds is 5. The molecule has 8 heteroatoms. The van der Waals surface area contributed by atoms with Crippen molar-refractivity contribution in [3.05, 3.63) is 62.5 Å². The number of nitrogens with zero attached hydrogens (tertiary/aromatic N) is 3. The Labute approximate surface area is 191 Å². The Morgan fingerprint density at radius 1 is 1.29 bits per heavy atom. The molecule has 3 aromatic rings. The zero-order valence-corrected chi connectivity index (χ0v) is 19.6. The van der Waals surface area contributed by atoms with Crippen LogP contribution in [0.5, 0.6) is 0 Å². The second kappa shape index (κ2) is 7.98. The van der Waals surface area contributed by atoms with Gasteiger partial charge in [0.1, 0.15) is 10.8 Å². The van der Waals surface area contributed by atoms with Crippen LogP contribution in [0, 0.1) is 12.8 Å². The number of nitrogens with one attached hydrogen (secondary N) is 2. The number of hydrogen-bond donors (Lipinski definition) is 3. The third-order valence-corrected chi connectivity index (χ3v) is 8.01. The Hall–Kier alpha value is -1.77. The number of thiophene rings is 1. The lowest BCUT2D eigenvalue weighted by Crippen LogP contribution is -2.45. The molecule has 0 bridgehead atoms. The third-order valence-electron chi connectivity index (χ3n) is 6.41. The number of aromatic nitrogens is 3. The van der Waals surface area contributed by atoms with Crippen molar-refractivity contribution in [2.24, 2.45) is 5.92 Å². The Balaban J connectivity index is 1.56. The van der Waals surface area contributed by atoms with E-state index in [-0.39, 0.29) is 18.2 Å². The predicted octanol–water partition coefficient (Wildman–Crippen LogP) is 3.56. The third kappa shape index (κ3) is 3.72. The molecule has 0 unspecified atom stereocenters. The number of halogens is 1. The van der Waals surface area contributed by atoms with E-state index in [4.69, 9.17) is 11.6 Å². The molecule has 1 aliphatic carbocycles. The fraction of sp³-hybridized carbons (Fsp3) is 0.478. The minimum absolute atomic E-state index is 0.0189. The Kier molecular flexibility index (Phi) is 5.43. The molecule has 2 aliphatic rings. The highest BCUT2D eigenvalue weighted by Gasteiger charge is 2.36. The summed E-state index contributed by atoms with van der Waals surface area (Å²) < 4.78 is 2.21. The maximum Gasteiger partial charge on any atom is 0.152 e. The van der Waals surface area contributed by atoms with Gasteiger partial charge in [0.2, 0.25) is 0 Å². The van der Waals surface area contributed by atoms with Gasteiger partial charge in [0.25, 0.3) is 0 Å². The smallest absolute Gasteiger partial charge is 0.152 e. The molecule has 0 saturated heterocycles. The maximum absolute atomic E-state index is 9.58. The molecule has 2 aromatic heterocycles. The monoisotopic (exact) mass is 457 g/mol. The lowest BCUT2D eigenvalue weighted by Gasteiger charge is -2.26. The average Bonchev–Trinajstić information content (AvgIpc) is 3.38. The summed E-state index contributed by atoms with van der Waals surface area (Å²) in [6, 6.07) is 8.13. The minimum Gasteiger partial charge on any atom is -0.394 e. The lowest BCUT2D eigenvalue weighted by molar-refractivity contribution is 0.183. The van der Waals surface area contributed by atoms with E-state index in [1.807, 2.05) is 44.2 Å². The van der Waals surface area contributed by atoms with Crippen LogP contribution < -0.4 is 10.6 Å². The summed E-state index contributed by atoms with van der Waals surface area (Å²) in [4.78, 5) is 1.44. The van der Waals surface area contributed by atoms with Crippen molar-refractivity contribution in [1.82, 2.24) is 25.4 Å². The Morgan fingerprint density at radius 3 is 2.87 bits per heavy atom. The van der Waals surface area contributed by atoms with E-state index in [1.165, 1.54) is 21.0 Å². The molecule has 5 rings (SSSR count).